The maximum atomic E-state index is 11.6. The number of halogens is 1. The van der Waals surface area contributed by atoms with Gasteiger partial charge in [-0.2, -0.15) is 0 Å². The quantitative estimate of drug-likeness (QED) is 0.476. The molecule has 0 aromatic heterocycles. The molecule has 0 aliphatic rings. The van der Waals surface area contributed by atoms with E-state index < -0.39 is 0 Å². The summed E-state index contributed by atoms with van der Waals surface area (Å²) in [5.74, 6) is 0. The first-order valence-electron chi connectivity index (χ1n) is 6.97. The summed E-state index contributed by atoms with van der Waals surface area (Å²) in [7, 11) is 0. The highest BCUT2D eigenvalue weighted by molar-refractivity contribution is 4.44. The van der Waals surface area contributed by atoms with E-state index in [1.165, 1.54) is 38.5 Å². The van der Waals surface area contributed by atoms with E-state index in [9.17, 15) is 4.39 Å². The SMILES string of the molecule is CCCCCCCCCCF.CCOCC. The molecule has 0 radical (unpaired) electrons. The lowest BCUT2D eigenvalue weighted by molar-refractivity contribution is 0.162. The number of unbranched alkanes of at least 4 members (excludes halogenated alkanes) is 7. The van der Waals surface area contributed by atoms with E-state index in [4.69, 9.17) is 4.74 Å². The fourth-order valence-corrected chi connectivity index (χ4v) is 1.43. The van der Waals surface area contributed by atoms with E-state index in [-0.39, 0.29) is 6.67 Å². The second-order valence-corrected chi connectivity index (χ2v) is 3.95. The van der Waals surface area contributed by atoms with Crippen molar-refractivity contribution in [3.05, 3.63) is 0 Å². The Morgan fingerprint density at radius 2 is 1.12 bits per heavy atom. The summed E-state index contributed by atoms with van der Waals surface area (Å²) < 4.78 is 16.5. The molecule has 0 amide bonds. The average molecular weight is 234 g/mol. The summed E-state index contributed by atoms with van der Waals surface area (Å²) in [6.45, 7) is 7.76. The van der Waals surface area contributed by atoms with Gasteiger partial charge in [-0.05, 0) is 20.3 Å². The molecular weight excluding hydrogens is 203 g/mol. The van der Waals surface area contributed by atoms with Crippen molar-refractivity contribution in [3.63, 3.8) is 0 Å². The minimum absolute atomic E-state index is 0.130. The van der Waals surface area contributed by atoms with E-state index in [1.54, 1.807) is 0 Å². The molecule has 0 rings (SSSR count). The minimum Gasteiger partial charge on any atom is -0.382 e. The second-order valence-electron chi connectivity index (χ2n) is 3.95. The Balaban J connectivity index is 0. The topological polar surface area (TPSA) is 9.23 Å². The van der Waals surface area contributed by atoms with Crippen LogP contribution in [0, 0.1) is 0 Å². The molecule has 16 heavy (non-hydrogen) atoms. The molecule has 0 N–H and O–H groups in total. The standard InChI is InChI=1S/C10H21F.C4H10O/c1-2-3-4-5-6-7-8-9-10-11;1-3-5-4-2/h2-10H2,1H3;3-4H2,1-2H3. The molecule has 0 unspecified atom stereocenters. The average Bonchev–Trinajstić information content (AvgIpc) is 2.30. The molecular formula is C14H31FO. The van der Waals surface area contributed by atoms with Crippen molar-refractivity contribution in [1.29, 1.82) is 0 Å². The maximum absolute atomic E-state index is 11.6. The Morgan fingerprint density at radius 1 is 0.688 bits per heavy atom. The van der Waals surface area contributed by atoms with Gasteiger partial charge in [0.05, 0.1) is 6.67 Å². The first-order chi connectivity index (χ1) is 7.83. The number of hydrogen-bond donors (Lipinski definition) is 0. The highest BCUT2D eigenvalue weighted by Gasteiger charge is 1.89. The molecule has 0 bridgehead atoms. The lowest BCUT2D eigenvalue weighted by Crippen LogP contribution is -1.84. The van der Waals surface area contributed by atoms with Crippen molar-refractivity contribution in [3.8, 4) is 0 Å². The summed E-state index contributed by atoms with van der Waals surface area (Å²) in [6.07, 6.45) is 9.78. The third-order valence-corrected chi connectivity index (χ3v) is 2.40. The first-order valence-corrected chi connectivity index (χ1v) is 6.97. The van der Waals surface area contributed by atoms with Crippen LogP contribution in [0.3, 0.4) is 0 Å². The number of rotatable bonds is 10. The van der Waals surface area contributed by atoms with Crippen LogP contribution in [0.4, 0.5) is 4.39 Å². The summed E-state index contributed by atoms with van der Waals surface area (Å²) in [6, 6.07) is 0. The maximum Gasteiger partial charge on any atom is 0.0894 e. The van der Waals surface area contributed by atoms with Crippen molar-refractivity contribution in [2.24, 2.45) is 0 Å². The normalized spacial score (nSPS) is 9.75. The van der Waals surface area contributed by atoms with Gasteiger partial charge in [-0.3, -0.25) is 4.39 Å². The van der Waals surface area contributed by atoms with Crippen LogP contribution in [-0.4, -0.2) is 19.9 Å². The first kappa shape index (κ1) is 18.3. The van der Waals surface area contributed by atoms with Gasteiger partial charge in [-0.15, -0.1) is 0 Å². The molecule has 0 saturated heterocycles. The van der Waals surface area contributed by atoms with Gasteiger partial charge in [-0.25, -0.2) is 0 Å². The molecule has 0 aliphatic carbocycles. The van der Waals surface area contributed by atoms with E-state index in [0.717, 1.165) is 26.1 Å². The molecule has 100 valence electrons. The Labute approximate surface area is 102 Å². The molecule has 0 aromatic rings. The Bertz CT molecular complexity index is 86.7. The highest BCUT2D eigenvalue weighted by atomic mass is 19.1. The van der Waals surface area contributed by atoms with Gasteiger partial charge >= 0.3 is 0 Å². The van der Waals surface area contributed by atoms with Gasteiger partial charge in [0, 0.05) is 13.2 Å². The molecule has 0 atom stereocenters. The summed E-state index contributed by atoms with van der Waals surface area (Å²) in [4.78, 5) is 0. The van der Waals surface area contributed by atoms with Crippen LogP contribution in [0.15, 0.2) is 0 Å². The Kier molecular flexibility index (Phi) is 23.2. The van der Waals surface area contributed by atoms with E-state index in [0.29, 0.717) is 0 Å². The molecule has 2 heteroatoms. The molecule has 0 aromatic carbocycles. The van der Waals surface area contributed by atoms with Gasteiger partial charge in [0.15, 0.2) is 0 Å². The second kappa shape index (κ2) is 20.3. The van der Waals surface area contributed by atoms with Crippen LogP contribution < -0.4 is 0 Å². The molecule has 0 saturated carbocycles. The number of ether oxygens (including phenoxy) is 1. The van der Waals surface area contributed by atoms with Gasteiger partial charge < -0.3 is 4.74 Å². The van der Waals surface area contributed by atoms with Gasteiger partial charge in [0.1, 0.15) is 0 Å². The van der Waals surface area contributed by atoms with Gasteiger partial charge in [0.2, 0.25) is 0 Å². The van der Waals surface area contributed by atoms with Crippen molar-refractivity contribution in [2.75, 3.05) is 19.9 Å². The number of alkyl halides is 1. The predicted molar refractivity (Wildman–Crippen MR) is 70.8 cm³/mol. The molecule has 0 fully saturated rings. The Morgan fingerprint density at radius 3 is 1.44 bits per heavy atom. The van der Waals surface area contributed by atoms with Gasteiger partial charge in [0.25, 0.3) is 0 Å². The zero-order valence-corrected chi connectivity index (χ0v) is 11.6. The van der Waals surface area contributed by atoms with Crippen molar-refractivity contribution in [2.45, 2.75) is 72.1 Å². The lowest BCUT2D eigenvalue weighted by atomic mass is 10.1. The molecule has 0 spiro atoms. The smallest absolute Gasteiger partial charge is 0.0894 e. The highest BCUT2D eigenvalue weighted by Crippen LogP contribution is 2.07. The van der Waals surface area contributed by atoms with Crippen LogP contribution >= 0.6 is 0 Å². The molecule has 1 nitrogen and oxygen atoms in total. The lowest BCUT2D eigenvalue weighted by Gasteiger charge is -1.98. The van der Waals surface area contributed by atoms with Crippen LogP contribution in [-0.2, 0) is 4.74 Å². The zero-order valence-electron chi connectivity index (χ0n) is 11.6. The summed E-state index contributed by atoms with van der Waals surface area (Å²) in [5.41, 5.74) is 0. The fraction of sp³-hybridized carbons (Fsp3) is 1.00. The predicted octanol–water partition coefficient (Wildman–Crippen LogP) is 5.14. The Hall–Kier alpha value is -0.110. The van der Waals surface area contributed by atoms with E-state index in [2.05, 4.69) is 6.92 Å². The van der Waals surface area contributed by atoms with Crippen molar-refractivity contribution < 1.29 is 9.13 Å². The zero-order chi connectivity index (χ0) is 12.5. The van der Waals surface area contributed by atoms with Gasteiger partial charge in [-0.1, -0.05) is 51.9 Å². The largest absolute Gasteiger partial charge is 0.382 e. The molecule has 0 heterocycles. The van der Waals surface area contributed by atoms with Crippen LogP contribution in [0.5, 0.6) is 0 Å². The third-order valence-electron chi connectivity index (χ3n) is 2.40. The summed E-state index contributed by atoms with van der Waals surface area (Å²) >= 11 is 0. The van der Waals surface area contributed by atoms with Crippen LogP contribution in [0.1, 0.15) is 72.1 Å². The van der Waals surface area contributed by atoms with E-state index >= 15 is 0 Å². The molecule has 0 aliphatic heterocycles. The monoisotopic (exact) mass is 234 g/mol. The summed E-state index contributed by atoms with van der Waals surface area (Å²) in [5, 5.41) is 0. The van der Waals surface area contributed by atoms with Crippen LogP contribution in [0.2, 0.25) is 0 Å². The number of hydrogen-bond acceptors (Lipinski definition) is 1. The fourth-order valence-electron chi connectivity index (χ4n) is 1.43. The van der Waals surface area contributed by atoms with Crippen molar-refractivity contribution >= 4 is 0 Å². The minimum atomic E-state index is -0.130. The van der Waals surface area contributed by atoms with Crippen molar-refractivity contribution in [1.82, 2.24) is 0 Å². The van der Waals surface area contributed by atoms with Crippen LogP contribution in [0.25, 0.3) is 0 Å². The van der Waals surface area contributed by atoms with E-state index in [1.807, 2.05) is 13.8 Å². The third kappa shape index (κ3) is 23.6.